The summed E-state index contributed by atoms with van der Waals surface area (Å²) in [5.41, 5.74) is 6.83. The summed E-state index contributed by atoms with van der Waals surface area (Å²) in [5, 5.41) is 0. The first kappa shape index (κ1) is 19.9. The highest BCUT2D eigenvalue weighted by Gasteiger charge is 2.29. The van der Waals surface area contributed by atoms with Crippen LogP contribution in [-0.4, -0.2) is 46.7 Å². The third-order valence-electron chi connectivity index (χ3n) is 4.74. The van der Waals surface area contributed by atoms with Gasteiger partial charge in [-0.25, -0.2) is 4.39 Å². The van der Waals surface area contributed by atoms with Gasteiger partial charge in [0.25, 0.3) is 5.56 Å². The van der Waals surface area contributed by atoms with E-state index in [0.717, 1.165) is 32.1 Å². The Morgan fingerprint density at radius 1 is 1.28 bits per heavy atom. The lowest BCUT2D eigenvalue weighted by atomic mass is 10.1. The molecule has 2 aromatic rings. The molecule has 0 saturated carbocycles. The Labute approximate surface area is 157 Å². The molecule has 9 heteroatoms. The van der Waals surface area contributed by atoms with E-state index in [-0.39, 0.29) is 54.8 Å². The lowest BCUT2D eigenvalue weighted by molar-refractivity contribution is 0.143. The van der Waals surface area contributed by atoms with Crippen LogP contribution in [0.3, 0.4) is 0 Å². The Bertz CT molecular complexity index is 809. The average Bonchev–Trinajstić information content (AvgIpc) is 2.56. The van der Waals surface area contributed by atoms with E-state index >= 15 is 0 Å². The molecule has 2 aliphatic rings. The Morgan fingerprint density at radius 3 is 2.72 bits per heavy atom. The van der Waals surface area contributed by atoms with E-state index in [2.05, 4.69) is 9.88 Å². The number of hydrogen-bond donors (Lipinski definition) is 1. The normalized spacial score (nSPS) is 20.5. The zero-order valence-electron chi connectivity index (χ0n) is 13.6. The van der Waals surface area contributed by atoms with Gasteiger partial charge in [0.2, 0.25) is 0 Å². The van der Waals surface area contributed by atoms with E-state index < -0.39 is 5.82 Å². The van der Waals surface area contributed by atoms with Crippen LogP contribution in [-0.2, 0) is 0 Å². The van der Waals surface area contributed by atoms with Crippen LogP contribution in [0.25, 0.3) is 11.0 Å². The summed E-state index contributed by atoms with van der Waals surface area (Å²) in [6.07, 6.45) is 3.05. The fourth-order valence-electron chi connectivity index (χ4n) is 3.49. The summed E-state index contributed by atoms with van der Waals surface area (Å²) in [6.45, 7) is 2.81. The molecule has 4 rings (SSSR count). The topological polar surface area (TPSA) is 73.4 Å². The fourth-order valence-corrected chi connectivity index (χ4v) is 3.49. The van der Waals surface area contributed by atoms with Gasteiger partial charge in [0, 0.05) is 18.7 Å². The van der Waals surface area contributed by atoms with E-state index in [0.29, 0.717) is 17.6 Å². The van der Waals surface area contributed by atoms with Crippen molar-refractivity contribution in [3.05, 3.63) is 34.5 Å². The Kier molecular flexibility index (Phi) is 6.26. The lowest BCUT2D eigenvalue weighted by Gasteiger charge is -2.35. The minimum absolute atomic E-state index is 0. The monoisotopic (exact) mass is 390 g/mol. The molecular formula is C16H21Cl2FN4O2. The lowest BCUT2D eigenvalue weighted by Crippen LogP contribution is -2.45. The van der Waals surface area contributed by atoms with Gasteiger partial charge in [-0.15, -0.1) is 24.8 Å². The van der Waals surface area contributed by atoms with Crippen molar-refractivity contribution in [3.8, 4) is 5.75 Å². The fraction of sp³-hybridized carbons (Fsp3) is 0.500. The molecule has 1 atom stereocenters. The van der Waals surface area contributed by atoms with Crippen molar-refractivity contribution in [2.75, 3.05) is 26.2 Å². The van der Waals surface area contributed by atoms with E-state index in [1.807, 2.05) is 0 Å². The zero-order valence-corrected chi connectivity index (χ0v) is 15.2. The Balaban J connectivity index is 0.00000113. The van der Waals surface area contributed by atoms with Crippen molar-refractivity contribution in [2.45, 2.75) is 24.9 Å². The molecular weight excluding hydrogens is 370 g/mol. The van der Waals surface area contributed by atoms with E-state index in [4.69, 9.17) is 10.5 Å². The predicted molar refractivity (Wildman–Crippen MR) is 98.6 cm³/mol. The van der Waals surface area contributed by atoms with Gasteiger partial charge in [-0.3, -0.25) is 14.3 Å². The third kappa shape index (κ3) is 3.60. The molecule has 2 aromatic heterocycles. The standard InChI is InChI=1S/C16H19FN4O2.2ClH/c17-12-7-19-13-1-2-14(22)21-11(9-23-16(12)15(13)21)8-20-5-3-10(18)4-6-20;;/h1-2,7,10-11H,3-6,8-9,18H2;2*1H/t11-;;/m0../s1. The molecule has 1 saturated heterocycles. The number of pyridine rings is 2. The smallest absolute Gasteiger partial charge is 0.251 e. The number of nitrogens with two attached hydrogens (primary N) is 1. The molecule has 0 unspecified atom stereocenters. The van der Waals surface area contributed by atoms with Crippen molar-refractivity contribution in [1.82, 2.24) is 14.5 Å². The molecule has 0 radical (unpaired) electrons. The number of rotatable bonds is 2. The highest BCUT2D eigenvalue weighted by molar-refractivity contribution is 5.85. The largest absolute Gasteiger partial charge is 0.486 e. The van der Waals surface area contributed by atoms with Gasteiger partial charge in [0.05, 0.1) is 17.8 Å². The maximum Gasteiger partial charge on any atom is 0.251 e. The van der Waals surface area contributed by atoms with Crippen LogP contribution < -0.4 is 16.0 Å². The first-order valence-corrected chi connectivity index (χ1v) is 7.94. The summed E-state index contributed by atoms with van der Waals surface area (Å²) in [4.78, 5) is 18.7. The number of halogens is 3. The SMILES string of the molecule is Cl.Cl.NC1CCN(C[C@H]2COc3c(F)cnc4ccc(=O)n2c34)CC1. The molecule has 6 nitrogen and oxygen atoms in total. The highest BCUT2D eigenvalue weighted by atomic mass is 35.5. The van der Waals surface area contributed by atoms with Gasteiger partial charge in [-0.1, -0.05) is 0 Å². The van der Waals surface area contributed by atoms with Crippen molar-refractivity contribution in [3.63, 3.8) is 0 Å². The molecule has 0 amide bonds. The molecule has 4 heterocycles. The van der Waals surface area contributed by atoms with Crippen LogP contribution in [0.15, 0.2) is 23.1 Å². The van der Waals surface area contributed by atoms with Gasteiger partial charge in [0.1, 0.15) is 12.1 Å². The zero-order chi connectivity index (χ0) is 16.0. The molecule has 2 N–H and O–H groups in total. The molecule has 2 aliphatic heterocycles. The summed E-state index contributed by atoms with van der Waals surface area (Å²) < 4.78 is 21.2. The van der Waals surface area contributed by atoms with Crippen LogP contribution in [0.4, 0.5) is 4.39 Å². The first-order valence-electron chi connectivity index (χ1n) is 7.94. The number of aromatic nitrogens is 2. The second kappa shape index (κ2) is 7.86. The van der Waals surface area contributed by atoms with Crippen LogP contribution in [0.2, 0.25) is 0 Å². The maximum absolute atomic E-state index is 14.0. The molecule has 25 heavy (non-hydrogen) atoms. The maximum atomic E-state index is 14.0. The summed E-state index contributed by atoms with van der Waals surface area (Å²) in [7, 11) is 0. The molecule has 0 spiro atoms. The van der Waals surface area contributed by atoms with E-state index in [9.17, 15) is 9.18 Å². The Morgan fingerprint density at radius 2 is 2.00 bits per heavy atom. The number of likely N-dealkylation sites (tertiary alicyclic amines) is 1. The summed E-state index contributed by atoms with van der Waals surface area (Å²) in [5.74, 6) is -0.399. The molecule has 138 valence electrons. The minimum atomic E-state index is -0.528. The van der Waals surface area contributed by atoms with Crippen LogP contribution in [0.5, 0.6) is 5.75 Å². The quantitative estimate of drug-likeness (QED) is 0.844. The van der Waals surface area contributed by atoms with Gasteiger partial charge in [-0.2, -0.15) is 0 Å². The van der Waals surface area contributed by atoms with Gasteiger partial charge in [0.15, 0.2) is 11.6 Å². The number of piperidine rings is 1. The number of nitrogens with zero attached hydrogens (tertiary/aromatic N) is 3. The second-order valence-corrected chi connectivity index (χ2v) is 6.31. The number of hydrogen-bond acceptors (Lipinski definition) is 5. The second-order valence-electron chi connectivity index (χ2n) is 6.31. The van der Waals surface area contributed by atoms with Gasteiger partial charge < -0.3 is 15.4 Å². The van der Waals surface area contributed by atoms with Crippen LogP contribution in [0, 0.1) is 5.82 Å². The van der Waals surface area contributed by atoms with Crippen LogP contribution in [0.1, 0.15) is 18.9 Å². The van der Waals surface area contributed by atoms with Crippen LogP contribution >= 0.6 is 24.8 Å². The number of ether oxygens (including phenoxy) is 1. The first-order chi connectivity index (χ1) is 11.1. The van der Waals surface area contributed by atoms with Crippen molar-refractivity contribution in [1.29, 1.82) is 0 Å². The molecule has 0 aliphatic carbocycles. The molecule has 0 aromatic carbocycles. The van der Waals surface area contributed by atoms with E-state index in [1.54, 1.807) is 10.6 Å². The summed E-state index contributed by atoms with van der Waals surface area (Å²) >= 11 is 0. The predicted octanol–water partition coefficient (Wildman–Crippen LogP) is 1.74. The highest BCUT2D eigenvalue weighted by Crippen LogP contribution is 2.32. The van der Waals surface area contributed by atoms with E-state index in [1.165, 1.54) is 6.07 Å². The van der Waals surface area contributed by atoms with Gasteiger partial charge in [-0.05, 0) is 32.0 Å². The summed E-state index contributed by atoms with van der Waals surface area (Å²) in [6, 6.07) is 3.22. The minimum Gasteiger partial charge on any atom is -0.486 e. The van der Waals surface area contributed by atoms with Crippen molar-refractivity contribution in [2.24, 2.45) is 5.73 Å². The van der Waals surface area contributed by atoms with Gasteiger partial charge >= 0.3 is 0 Å². The molecule has 0 bridgehead atoms. The average molecular weight is 391 g/mol. The molecule has 1 fully saturated rings. The Hall–Kier alpha value is -1.41. The van der Waals surface area contributed by atoms with Crippen molar-refractivity contribution >= 4 is 35.8 Å². The van der Waals surface area contributed by atoms with Crippen molar-refractivity contribution < 1.29 is 9.13 Å². The third-order valence-corrected chi connectivity index (χ3v) is 4.74.